The van der Waals surface area contributed by atoms with Crippen molar-refractivity contribution in [2.75, 3.05) is 11.5 Å². The molecule has 0 bridgehead atoms. The number of rotatable bonds is 1. The average Bonchev–Trinajstić information content (AvgIpc) is 2.04. The minimum atomic E-state index is 0.713. The van der Waals surface area contributed by atoms with E-state index in [1.807, 2.05) is 6.07 Å². The van der Waals surface area contributed by atoms with E-state index in [1.165, 1.54) is 0 Å². The summed E-state index contributed by atoms with van der Waals surface area (Å²) < 4.78 is 0. The van der Waals surface area contributed by atoms with Gasteiger partial charge in [0.1, 0.15) is 0 Å². The molecule has 64 valence electrons. The van der Waals surface area contributed by atoms with Gasteiger partial charge in [0.05, 0.1) is 0 Å². The number of hydrogen-bond acceptors (Lipinski definition) is 4. The Morgan fingerprint density at radius 3 is 1.58 bits per heavy atom. The molecule has 0 heterocycles. The van der Waals surface area contributed by atoms with Crippen molar-refractivity contribution < 1.29 is 0 Å². The molecule has 0 saturated heterocycles. The zero-order chi connectivity index (χ0) is 9.40. The second kappa shape index (κ2) is 5.91. The predicted molar refractivity (Wildman–Crippen MR) is 52.8 cm³/mol. The maximum absolute atomic E-state index is 6.08. The summed E-state index contributed by atoms with van der Waals surface area (Å²) in [6.07, 6.45) is 1.83. The summed E-state index contributed by atoms with van der Waals surface area (Å²) in [5.74, 6) is 0. The number of anilines is 2. The van der Waals surface area contributed by atoms with Crippen molar-refractivity contribution in [3.8, 4) is 0 Å². The third-order valence-electron chi connectivity index (χ3n) is 0.994. The van der Waals surface area contributed by atoms with E-state index in [4.69, 9.17) is 22.3 Å². The van der Waals surface area contributed by atoms with Gasteiger partial charge in [-0.3, -0.25) is 0 Å². The standard InChI is InChI=1S/C6H8N2.C2H4N2/c7-5-2-1-3-6(8)4-5;3-1-2-4/h1-4H,7-8H2;1-4H. The lowest BCUT2D eigenvalue weighted by molar-refractivity contribution is 1.55. The summed E-state index contributed by atoms with van der Waals surface area (Å²) in [6.45, 7) is 0. The van der Waals surface area contributed by atoms with Crippen LogP contribution in [0.4, 0.5) is 11.4 Å². The van der Waals surface area contributed by atoms with Crippen LogP contribution in [0.2, 0.25) is 0 Å². The van der Waals surface area contributed by atoms with Gasteiger partial charge < -0.3 is 22.3 Å². The Labute approximate surface area is 71.2 Å². The number of hydrogen-bond donors (Lipinski definition) is 4. The molecule has 0 radical (unpaired) electrons. The fourth-order valence-corrected chi connectivity index (χ4v) is 0.559. The Balaban J connectivity index is 0.000000261. The molecule has 0 amide bonds. The maximum Gasteiger partial charge on any atom is 0.0353 e. The van der Waals surface area contributed by atoms with E-state index in [0.717, 1.165) is 12.4 Å². The highest BCUT2D eigenvalue weighted by Crippen LogP contribution is 2.06. The molecule has 4 heteroatoms. The zero-order valence-corrected chi connectivity index (χ0v) is 6.62. The van der Waals surface area contributed by atoms with Crippen LogP contribution in [0.25, 0.3) is 0 Å². The summed E-state index contributed by atoms with van der Waals surface area (Å²) in [6, 6.07) is 7.15. The Hall–Kier alpha value is -1.84. The monoisotopic (exact) mass is 164 g/mol. The zero-order valence-electron chi connectivity index (χ0n) is 6.62. The van der Waals surface area contributed by atoms with E-state index >= 15 is 0 Å². The first-order chi connectivity index (χ1) is 5.70. The minimum Gasteiger partial charge on any atom is -0.399 e. The minimum absolute atomic E-state index is 0.713. The molecule has 6 N–H and O–H groups in total. The van der Waals surface area contributed by atoms with Crippen LogP contribution in [0.3, 0.4) is 0 Å². The normalized spacial score (nSPS) is 7.67. The fraction of sp³-hybridized carbons (Fsp3) is 0. The van der Waals surface area contributed by atoms with Crippen molar-refractivity contribution in [2.24, 2.45) is 0 Å². The topological polar surface area (TPSA) is 99.7 Å². The van der Waals surface area contributed by atoms with E-state index in [9.17, 15) is 0 Å². The first kappa shape index (κ1) is 10.2. The molecule has 1 aromatic carbocycles. The third-order valence-corrected chi connectivity index (χ3v) is 0.994. The molecule has 0 unspecified atom stereocenters. The first-order valence-corrected chi connectivity index (χ1v) is 3.31. The van der Waals surface area contributed by atoms with Gasteiger partial charge in [-0.25, -0.2) is 0 Å². The van der Waals surface area contributed by atoms with Gasteiger partial charge in [0, 0.05) is 23.8 Å². The van der Waals surface area contributed by atoms with Gasteiger partial charge in [-0.15, -0.1) is 0 Å². The molecule has 0 atom stereocenters. The van der Waals surface area contributed by atoms with Crippen molar-refractivity contribution in [1.29, 1.82) is 10.8 Å². The predicted octanol–water partition coefficient (Wildman–Crippen LogP) is 1.14. The molecule has 4 nitrogen and oxygen atoms in total. The smallest absolute Gasteiger partial charge is 0.0353 e. The molecule has 0 spiro atoms. The molecular formula is C8H12N4. The lowest BCUT2D eigenvalue weighted by atomic mass is 10.3. The van der Waals surface area contributed by atoms with Crippen LogP contribution < -0.4 is 11.5 Å². The number of nitrogens with two attached hydrogens (primary N) is 2. The molecule has 1 aromatic rings. The van der Waals surface area contributed by atoms with Gasteiger partial charge in [-0.1, -0.05) is 6.07 Å². The van der Waals surface area contributed by atoms with Crippen molar-refractivity contribution >= 4 is 23.8 Å². The summed E-state index contributed by atoms with van der Waals surface area (Å²) in [5, 5.41) is 12.2. The van der Waals surface area contributed by atoms with E-state index in [2.05, 4.69) is 0 Å². The molecule has 0 aliphatic heterocycles. The van der Waals surface area contributed by atoms with E-state index in [1.54, 1.807) is 18.2 Å². The molecule has 0 saturated carbocycles. The highest BCUT2D eigenvalue weighted by molar-refractivity contribution is 6.12. The molecule has 0 aromatic heterocycles. The Bertz CT molecular complexity index is 234. The van der Waals surface area contributed by atoms with E-state index in [-0.39, 0.29) is 0 Å². The molecule has 12 heavy (non-hydrogen) atoms. The lowest BCUT2D eigenvalue weighted by Crippen LogP contribution is -1.87. The van der Waals surface area contributed by atoms with Crippen molar-refractivity contribution in [2.45, 2.75) is 0 Å². The molecule has 0 fully saturated rings. The van der Waals surface area contributed by atoms with Gasteiger partial charge >= 0.3 is 0 Å². The van der Waals surface area contributed by atoms with Gasteiger partial charge in [0.2, 0.25) is 0 Å². The van der Waals surface area contributed by atoms with Crippen LogP contribution in [-0.2, 0) is 0 Å². The largest absolute Gasteiger partial charge is 0.399 e. The molecule has 1 rings (SSSR count). The summed E-state index contributed by atoms with van der Waals surface area (Å²) in [4.78, 5) is 0. The van der Waals surface area contributed by atoms with Crippen LogP contribution >= 0.6 is 0 Å². The quantitative estimate of drug-likeness (QED) is 0.369. The summed E-state index contributed by atoms with van der Waals surface area (Å²) >= 11 is 0. The highest BCUT2D eigenvalue weighted by atomic mass is 14.6. The molecule has 0 aliphatic rings. The average molecular weight is 164 g/mol. The van der Waals surface area contributed by atoms with Crippen LogP contribution in [0.5, 0.6) is 0 Å². The third kappa shape index (κ3) is 4.99. The first-order valence-electron chi connectivity index (χ1n) is 3.31. The van der Waals surface area contributed by atoms with E-state index in [0.29, 0.717) is 11.4 Å². The fourth-order valence-electron chi connectivity index (χ4n) is 0.559. The van der Waals surface area contributed by atoms with Crippen molar-refractivity contribution in [1.82, 2.24) is 0 Å². The van der Waals surface area contributed by atoms with Crippen molar-refractivity contribution in [3.63, 3.8) is 0 Å². The van der Waals surface area contributed by atoms with Crippen LogP contribution in [0.1, 0.15) is 0 Å². The molecule has 0 aliphatic carbocycles. The Morgan fingerprint density at radius 1 is 1.00 bits per heavy atom. The highest BCUT2D eigenvalue weighted by Gasteiger charge is 1.81. The van der Waals surface area contributed by atoms with Gasteiger partial charge in [-0.2, -0.15) is 0 Å². The Kier molecular flexibility index (Phi) is 5.00. The summed E-state index contributed by atoms with van der Waals surface area (Å²) in [5.41, 5.74) is 12.2. The van der Waals surface area contributed by atoms with Gasteiger partial charge in [0.15, 0.2) is 0 Å². The van der Waals surface area contributed by atoms with E-state index < -0.39 is 0 Å². The number of benzene rings is 1. The van der Waals surface area contributed by atoms with Gasteiger partial charge in [-0.05, 0) is 18.2 Å². The number of nitrogen functional groups attached to an aromatic ring is 2. The Morgan fingerprint density at radius 2 is 1.42 bits per heavy atom. The molecular weight excluding hydrogens is 152 g/mol. The number of nitrogens with one attached hydrogen (secondary N) is 2. The van der Waals surface area contributed by atoms with Crippen molar-refractivity contribution in [3.05, 3.63) is 24.3 Å². The van der Waals surface area contributed by atoms with Gasteiger partial charge in [0.25, 0.3) is 0 Å². The maximum atomic E-state index is 6.08. The second-order valence-corrected chi connectivity index (χ2v) is 2.00. The summed E-state index contributed by atoms with van der Waals surface area (Å²) in [7, 11) is 0. The van der Waals surface area contributed by atoms with Crippen LogP contribution in [-0.4, -0.2) is 12.4 Å². The van der Waals surface area contributed by atoms with Crippen LogP contribution in [0, 0.1) is 10.8 Å². The lowest BCUT2D eigenvalue weighted by Gasteiger charge is -1.91. The second-order valence-electron chi connectivity index (χ2n) is 2.00. The SMILES string of the molecule is N=CC=N.Nc1cccc(N)c1. The van der Waals surface area contributed by atoms with Crippen LogP contribution in [0.15, 0.2) is 24.3 Å².